The summed E-state index contributed by atoms with van der Waals surface area (Å²) in [6, 6.07) is 1.15. The highest BCUT2D eigenvalue weighted by Crippen LogP contribution is 2.44. The molecule has 4 atom stereocenters. The molecule has 3 nitrogen and oxygen atoms in total. The minimum atomic E-state index is 0.380. The molecular formula is C18H37N3. The van der Waals surface area contributed by atoms with Gasteiger partial charge in [-0.2, -0.15) is 0 Å². The van der Waals surface area contributed by atoms with E-state index >= 15 is 0 Å². The smallest absolute Gasteiger partial charge is 0.0113 e. The monoisotopic (exact) mass is 295 g/mol. The molecule has 2 aliphatic rings. The Hall–Kier alpha value is -0.120. The molecule has 0 bridgehead atoms. The predicted molar refractivity (Wildman–Crippen MR) is 91.4 cm³/mol. The highest BCUT2D eigenvalue weighted by molar-refractivity contribution is 4.94. The van der Waals surface area contributed by atoms with Gasteiger partial charge >= 0.3 is 0 Å². The summed E-state index contributed by atoms with van der Waals surface area (Å²) in [6.07, 6.45) is 3.79. The van der Waals surface area contributed by atoms with Gasteiger partial charge in [-0.25, -0.2) is 0 Å². The fourth-order valence-corrected chi connectivity index (χ4v) is 4.22. The van der Waals surface area contributed by atoms with Gasteiger partial charge in [0.2, 0.25) is 0 Å². The second-order valence-electron chi connectivity index (χ2n) is 8.14. The molecule has 0 aromatic heterocycles. The lowest BCUT2D eigenvalue weighted by Crippen LogP contribution is -2.54. The molecule has 1 heterocycles. The average Bonchev–Trinajstić information content (AvgIpc) is 2.48. The number of rotatable bonds is 4. The summed E-state index contributed by atoms with van der Waals surface area (Å²) >= 11 is 0. The van der Waals surface area contributed by atoms with Crippen molar-refractivity contribution in [3.63, 3.8) is 0 Å². The zero-order chi connectivity index (χ0) is 15.6. The van der Waals surface area contributed by atoms with Gasteiger partial charge in [0.25, 0.3) is 0 Å². The van der Waals surface area contributed by atoms with Gasteiger partial charge in [-0.15, -0.1) is 0 Å². The molecule has 0 aromatic carbocycles. The third-order valence-corrected chi connectivity index (χ3v) is 6.82. The highest BCUT2D eigenvalue weighted by Gasteiger charge is 2.42. The Bertz CT molecular complexity index is 320. The van der Waals surface area contributed by atoms with Gasteiger partial charge in [-0.3, -0.25) is 4.90 Å². The van der Waals surface area contributed by atoms with Crippen molar-refractivity contribution in [2.24, 2.45) is 23.0 Å². The van der Waals surface area contributed by atoms with Crippen LogP contribution >= 0.6 is 0 Å². The van der Waals surface area contributed by atoms with Gasteiger partial charge in [-0.05, 0) is 43.4 Å². The van der Waals surface area contributed by atoms with Gasteiger partial charge in [0.1, 0.15) is 0 Å². The van der Waals surface area contributed by atoms with Crippen molar-refractivity contribution >= 4 is 0 Å². The van der Waals surface area contributed by atoms with E-state index in [0.29, 0.717) is 17.4 Å². The van der Waals surface area contributed by atoms with Crippen LogP contribution in [0.2, 0.25) is 0 Å². The van der Waals surface area contributed by atoms with Gasteiger partial charge in [0.15, 0.2) is 0 Å². The van der Waals surface area contributed by atoms with Crippen LogP contribution in [-0.4, -0.2) is 54.6 Å². The van der Waals surface area contributed by atoms with Crippen molar-refractivity contribution in [2.45, 2.75) is 66.0 Å². The molecule has 0 spiro atoms. The molecule has 0 amide bonds. The quantitative estimate of drug-likeness (QED) is 0.865. The molecule has 21 heavy (non-hydrogen) atoms. The van der Waals surface area contributed by atoms with Crippen molar-refractivity contribution < 1.29 is 0 Å². The summed E-state index contributed by atoms with van der Waals surface area (Å²) in [4.78, 5) is 5.36. The summed E-state index contributed by atoms with van der Waals surface area (Å²) < 4.78 is 0. The molecule has 0 aromatic rings. The first-order valence-corrected chi connectivity index (χ1v) is 9.08. The summed E-state index contributed by atoms with van der Waals surface area (Å²) in [7, 11) is 0. The van der Waals surface area contributed by atoms with Gasteiger partial charge < -0.3 is 10.6 Å². The van der Waals surface area contributed by atoms with Crippen LogP contribution in [0.5, 0.6) is 0 Å². The van der Waals surface area contributed by atoms with Crippen LogP contribution in [0.1, 0.15) is 53.9 Å². The Kier molecular flexibility index (Phi) is 5.72. The topological polar surface area (TPSA) is 32.5 Å². The van der Waals surface area contributed by atoms with Gasteiger partial charge in [-0.1, -0.05) is 27.7 Å². The normalized spacial score (nSPS) is 36.6. The van der Waals surface area contributed by atoms with E-state index in [2.05, 4.69) is 44.4 Å². The Morgan fingerprint density at radius 1 is 1.14 bits per heavy atom. The minimum absolute atomic E-state index is 0.380. The predicted octanol–water partition coefficient (Wildman–Crippen LogP) is 2.80. The maximum absolute atomic E-state index is 6.30. The third-order valence-electron chi connectivity index (χ3n) is 6.82. The van der Waals surface area contributed by atoms with Crippen molar-refractivity contribution in [2.75, 3.05) is 32.7 Å². The largest absolute Gasteiger partial charge is 0.327 e. The molecule has 124 valence electrons. The molecule has 2 N–H and O–H groups in total. The van der Waals surface area contributed by atoms with Crippen molar-refractivity contribution in [1.29, 1.82) is 0 Å². The van der Waals surface area contributed by atoms with E-state index < -0.39 is 0 Å². The Morgan fingerprint density at radius 3 is 2.33 bits per heavy atom. The second-order valence-corrected chi connectivity index (χ2v) is 8.14. The lowest BCUT2D eigenvalue weighted by Gasteiger charge is -2.49. The Morgan fingerprint density at radius 2 is 1.76 bits per heavy atom. The van der Waals surface area contributed by atoms with E-state index in [-0.39, 0.29) is 0 Å². The molecule has 0 radical (unpaired) electrons. The summed E-state index contributed by atoms with van der Waals surface area (Å²) in [5, 5.41) is 0. The molecule has 4 unspecified atom stereocenters. The standard InChI is InChI=1S/C18H37N3/c1-6-14(2)21-11-9-20(10-12-21)13-16-7-8-17(19)15(3)18(16,4)5/h14-17H,6-13,19H2,1-5H3. The molecule has 3 heteroatoms. The van der Waals surface area contributed by atoms with E-state index in [9.17, 15) is 0 Å². The van der Waals surface area contributed by atoms with Crippen LogP contribution in [0, 0.1) is 17.3 Å². The maximum Gasteiger partial charge on any atom is 0.0113 e. The number of piperazine rings is 1. The number of nitrogens with two attached hydrogens (primary N) is 1. The number of hydrogen-bond acceptors (Lipinski definition) is 3. The van der Waals surface area contributed by atoms with Gasteiger partial charge in [0.05, 0.1) is 0 Å². The molecular weight excluding hydrogens is 258 g/mol. The van der Waals surface area contributed by atoms with Crippen molar-refractivity contribution in [1.82, 2.24) is 9.80 Å². The zero-order valence-corrected chi connectivity index (χ0v) is 14.9. The minimum Gasteiger partial charge on any atom is -0.327 e. The molecule has 1 aliphatic heterocycles. The SMILES string of the molecule is CCC(C)N1CCN(CC2CCC(N)C(C)C2(C)C)CC1. The molecule has 1 saturated carbocycles. The van der Waals surface area contributed by atoms with Crippen LogP contribution in [0.3, 0.4) is 0 Å². The summed E-state index contributed by atoms with van der Waals surface area (Å²) in [6.45, 7) is 18.2. The first-order chi connectivity index (χ1) is 9.86. The van der Waals surface area contributed by atoms with E-state index in [4.69, 9.17) is 5.73 Å². The van der Waals surface area contributed by atoms with Crippen molar-refractivity contribution in [3.05, 3.63) is 0 Å². The van der Waals surface area contributed by atoms with E-state index in [1.807, 2.05) is 0 Å². The van der Waals surface area contributed by atoms with Crippen LogP contribution < -0.4 is 5.73 Å². The molecule has 2 rings (SSSR count). The number of nitrogens with zero attached hydrogens (tertiary/aromatic N) is 2. The maximum atomic E-state index is 6.30. The number of hydrogen-bond donors (Lipinski definition) is 1. The first-order valence-electron chi connectivity index (χ1n) is 9.08. The fraction of sp³-hybridized carbons (Fsp3) is 1.00. The van der Waals surface area contributed by atoms with Crippen LogP contribution in [0.25, 0.3) is 0 Å². The zero-order valence-electron chi connectivity index (χ0n) is 14.9. The molecule has 2 fully saturated rings. The van der Waals surface area contributed by atoms with E-state index in [1.165, 1.54) is 52.0 Å². The third kappa shape index (κ3) is 3.80. The summed E-state index contributed by atoms with van der Waals surface area (Å²) in [5.74, 6) is 1.44. The van der Waals surface area contributed by atoms with E-state index in [1.54, 1.807) is 0 Å². The first kappa shape index (κ1) is 17.2. The lowest BCUT2D eigenvalue weighted by molar-refractivity contribution is 0.0120. The average molecular weight is 296 g/mol. The van der Waals surface area contributed by atoms with E-state index in [0.717, 1.165) is 12.0 Å². The second kappa shape index (κ2) is 6.97. The lowest BCUT2D eigenvalue weighted by atomic mass is 9.61. The van der Waals surface area contributed by atoms with Crippen LogP contribution in [0.15, 0.2) is 0 Å². The summed E-state index contributed by atoms with van der Waals surface area (Å²) in [5.41, 5.74) is 6.68. The Labute approximate surface area is 132 Å². The Balaban J connectivity index is 1.86. The van der Waals surface area contributed by atoms with Crippen LogP contribution in [0.4, 0.5) is 0 Å². The fourth-order valence-electron chi connectivity index (χ4n) is 4.22. The highest BCUT2D eigenvalue weighted by atomic mass is 15.3. The molecule has 1 aliphatic carbocycles. The van der Waals surface area contributed by atoms with Crippen LogP contribution in [-0.2, 0) is 0 Å². The van der Waals surface area contributed by atoms with Crippen molar-refractivity contribution in [3.8, 4) is 0 Å². The van der Waals surface area contributed by atoms with Gasteiger partial charge in [0, 0.05) is 44.8 Å². The molecule has 1 saturated heterocycles.